The zero-order valence-corrected chi connectivity index (χ0v) is 14.5. The number of amides is 1. The molecule has 1 N–H and O–H groups in total. The number of oxime groups is 1. The lowest BCUT2D eigenvalue weighted by Crippen LogP contribution is -2.17. The van der Waals surface area contributed by atoms with Crippen LogP contribution in [0.3, 0.4) is 0 Å². The summed E-state index contributed by atoms with van der Waals surface area (Å²) in [5, 5.41) is 7.42. The number of hydrogen-bond acceptors (Lipinski definition) is 3. The fourth-order valence-corrected chi connectivity index (χ4v) is 3.18. The Morgan fingerprint density at radius 1 is 0.846 bits per heavy atom. The molecule has 1 aliphatic carbocycles. The van der Waals surface area contributed by atoms with Crippen LogP contribution in [0.2, 0.25) is 5.02 Å². The lowest BCUT2D eigenvalue weighted by Gasteiger charge is -2.06. The van der Waals surface area contributed by atoms with Crippen molar-refractivity contribution in [1.29, 1.82) is 0 Å². The molecule has 0 aliphatic heterocycles. The predicted molar refractivity (Wildman–Crippen MR) is 104 cm³/mol. The summed E-state index contributed by atoms with van der Waals surface area (Å²) < 4.78 is 0. The first-order valence-corrected chi connectivity index (χ1v) is 8.55. The van der Waals surface area contributed by atoms with Gasteiger partial charge >= 0.3 is 0 Å². The Bertz CT molecular complexity index is 967. The summed E-state index contributed by atoms with van der Waals surface area (Å²) in [5.41, 5.74) is 5.52. The summed E-state index contributed by atoms with van der Waals surface area (Å²) in [7, 11) is 0. The number of halogens is 1. The van der Waals surface area contributed by atoms with E-state index in [-0.39, 0.29) is 12.5 Å². The van der Waals surface area contributed by atoms with Crippen molar-refractivity contribution in [2.45, 2.75) is 0 Å². The number of carbonyl (C=O) groups excluding carboxylic acids is 1. The van der Waals surface area contributed by atoms with Crippen molar-refractivity contribution in [1.82, 2.24) is 0 Å². The number of fused-ring (bicyclic) bond motifs is 3. The molecule has 4 nitrogen and oxygen atoms in total. The van der Waals surface area contributed by atoms with Gasteiger partial charge < -0.3 is 10.2 Å². The third-order valence-electron chi connectivity index (χ3n) is 4.15. The van der Waals surface area contributed by atoms with Crippen molar-refractivity contribution in [2.24, 2.45) is 5.16 Å². The van der Waals surface area contributed by atoms with Crippen LogP contribution in [0.15, 0.2) is 78.0 Å². The summed E-state index contributed by atoms with van der Waals surface area (Å²) in [5.74, 6) is -0.318. The van der Waals surface area contributed by atoms with Crippen molar-refractivity contribution < 1.29 is 9.63 Å². The molecular weight excluding hydrogens is 348 g/mol. The minimum absolute atomic E-state index is 0.195. The van der Waals surface area contributed by atoms with Gasteiger partial charge in [-0.1, -0.05) is 77.4 Å². The summed E-state index contributed by atoms with van der Waals surface area (Å²) in [6.45, 7) is -0.195. The van der Waals surface area contributed by atoms with Crippen molar-refractivity contribution in [3.05, 3.63) is 88.9 Å². The zero-order valence-electron chi connectivity index (χ0n) is 13.8. The smallest absolute Gasteiger partial charge is 0.265 e. The average molecular weight is 363 g/mol. The molecule has 128 valence electrons. The van der Waals surface area contributed by atoms with E-state index in [9.17, 15) is 4.79 Å². The molecule has 0 aromatic heterocycles. The first-order chi connectivity index (χ1) is 12.7. The molecule has 0 saturated heterocycles. The SMILES string of the molecule is O=C(CON=C1c2ccccc2-c2ccccc21)Nc1ccccc1Cl. The monoisotopic (exact) mass is 362 g/mol. The second-order valence-corrected chi connectivity index (χ2v) is 6.24. The number of carbonyl (C=O) groups is 1. The van der Waals surface area contributed by atoms with Gasteiger partial charge in [0.15, 0.2) is 6.61 Å². The van der Waals surface area contributed by atoms with Crippen molar-refractivity contribution in [3.63, 3.8) is 0 Å². The second-order valence-electron chi connectivity index (χ2n) is 5.83. The number of nitrogens with one attached hydrogen (secondary N) is 1. The molecular formula is C21H15ClN2O2. The first kappa shape index (κ1) is 16.4. The Kier molecular flexibility index (Phi) is 4.42. The van der Waals surface area contributed by atoms with Crippen LogP contribution >= 0.6 is 11.6 Å². The van der Waals surface area contributed by atoms with Crippen LogP contribution in [-0.4, -0.2) is 18.2 Å². The third-order valence-corrected chi connectivity index (χ3v) is 4.48. The first-order valence-electron chi connectivity index (χ1n) is 8.17. The molecule has 0 atom stereocenters. The molecule has 3 aromatic rings. The fraction of sp³-hybridized carbons (Fsp3) is 0.0476. The largest absolute Gasteiger partial charge is 0.385 e. The number of para-hydroxylation sites is 1. The average Bonchev–Trinajstić information content (AvgIpc) is 2.98. The molecule has 0 heterocycles. The molecule has 0 bridgehead atoms. The highest BCUT2D eigenvalue weighted by Gasteiger charge is 2.24. The highest BCUT2D eigenvalue weighted by molar-refractivity contribution is 6.33. The van der Waals surface area contributed by atoms with Crippen LogP contribution in [0.4, 0.5) is 5.69 Å². The number of nitrogens with zero attached hydrogens (tertiary/aromatic N) is 1. The molecule has 26 heavy (non-hydrogen) atoms. The van der Waals surface area contributed by atoms with E-state index >= 15 is 0 Å². The van der Waals surface area contributed by atoms with E-state index in [1.807, 2.05) is 36.4 Å². The van der Waals surface area contributed by atoms with Crippen LogP contribution in [0.1, 0.15) is 11.1 Å². The van der Waals surface area contributed by atoms with Gasteiger partial charge in [-0.3, -0.25) is 4.79 Å². The van der Waals surface area contributed by atoms with Crippen LogP contribution in [0.25, 0.3) is 11.1 Å². The maximum atomic E-state index is 12.1. The Balaban J connectivity index is 1.51. The maximum absolute atomic E-state index is 12.1. The van der Waals surface area contributed by atoms with E-state index in [0.717, 1.165) is 28.0 Å². The summed E-state index contributed by atoms with van der Waals surface area (Å²) in [6.07, 6.45) is 0. The third kappa shape index (κ3) is 3.07. The normalized spacial score (nSPS) is 11.5. The molecule has 0 unspecified atom stereocenters. The van der Waals surface area contributed by atoms with E-state index < -0.39 is 0 Å². The number of hydrogen-bond donors (Lipinski definition) is 1. The molecule has 0 spiro atoms. The van der Waals surface area contributed by atoms with Gasteiger partial charge in [-0.2, -0.15) is 0 Å². The molecule has 5 heteroatoms. The summed E-state index contributed by atoms with van der Waals surface area (Å²) in [6, 6.07) is 23.1. The molecule has 0 saturated carbocycles. The van der Waals surface area contributed by atoms with Crippen molar-refractivity contribution >= 4 is 28.9 Å². The van der Waals surface area contributed by atoms with E-state index in [0.29, 0.717) is 10.7 Å². The lowest BCUT2D eigenvalue weighted by atomic mass is 10.1. The topological polar surface area (TPSA) is 50.7 Å². The number of anilines is 1. The van der Waals surface area contributed by atoms with E-state index in [1.54, 1.807) is 24.3 Å². The summed E-state index contributed by atoms with van der Waals surface area (Å²) >= 11 is 6.04. The standard InChI is InChI=1S/C21H15ClN2O2/c22-18-11-5-6-12-19(18)23-20(25)13-26-24-21-16-9-3-1-7-14(16)15-8-2-4-10-17(15)21/h1-12H,13H2,(H,23,25). The van der Waals surface area contributed by atoms with Crippen molar-refractivity contribution in [3.8, 4) is 11.1 Å². The Morgan fingerprint density at radius 2 is 1.38 bits per heavy atom. The summed E-state index contributed by atoms with van der Waals surface area (Å²) in [4.78, 5) is 17.4. The van der Waals surface area contributed by atoms with Gasteiger partial charge in [-0.25, -0.2) is 0 Å². The van der Waals surface area contributed by atoms with E-state index in [1.165, 1.54) is 0 Å². The zero-order chi connectivity index (χ0) is 17.9. The minimum Gasteiger partial charge on any atom is -0.385 e. The predicted octanol–water partition coefficient (Wildman–Crippen LogP) is 4.73. The lowest BCUT2D eigenvalue weighted by molar-refractivity contribution is -0.120. The van der Waals surface area contributed by atoms with Crippen LogP contribution in [-0.2, 0) is 9.63 Å². The van der Waals surface area contributed by atoms with Crippen LogP contribution < -0.4 is 5.32 Å². The van der Waals surface area contributed by atoms with E-state index in [2.05, 4.69) is 22.6 Å². The quantitative estimate of drug-likeness (QED) is 0.534. The maximum Gasteiger partial charge on any atom is 0.265 e. The molecule has 4 rings (SSSR count). The molecule has 0 radical (unpaired) electrons. The highest BCUT2D eigenvalue weighted by atomic mass is 35.5. The Morgan fingerprint density at radius 3 is 2.00 bits per heavy atom. The van der Waals surface area contributed by atoms with Gasteiger partial charge in [-0.15, -0.1) is 0 Å². The van der Waals surface area contributed by atoms with Crippen LogP contribution in [0.5, 0.6) is 0 Å². The minimum atomic E-state index is -0.318. The molecule has 3 aromatic carbocycles. The van der Waals surface area contributed by atoms with Crippen molar-refractivity contribution in [2.75, 3.05) is 11.9 Å². The highest BCUT2D eigenvalue weighted by Crippen LogP contribution is 2.36. The van der Waals surface area contributed by atoms with Gasteiger partial charge in [0.05, 0.1) is 10.7 Å². The van der Waals surface area contributed by atoms with Gasteiger partial charge in [-0.05, 0) is 23.3 Å². The Labute approximate surface area is 156 Å². The number of rotatable bonds is 4. The fourth-order valence-electron chi connectivity index (χ4n) is 3.00. The second kappa shape index (κ2) is 7.02. The van der Waals surface area contributed by atoms with E-state index in [4.69, 9.17) is 16.4 Å². The van der Waals surface area contributed by atoms with Gasteiger partial charge in [0.2, 0.25) is 0 Å². The molecule has 0 fully saturated rings. The molecule has 1 aliphatic rings. The van der Waals surface area contributed by atoms with Gasteiger partial charge in [0, 0.05) is 11.1 Å². The number of benzene rings is 3. The van der Waals surface area contributed by atoms with Gasteiger partial charge in [0.25, 0.3) is 5.91 Å². The van der Waals surface area contributed by atoms with Crippen LogP contribution in [0, 0.1) is 0 Å². The Hall–Kier alpha value is -3.11. The van der Waals surface area contributed by atoms with Gasteiger partial charge in [0.1, 0.15) is 5.71 Å². The molecule has 1 amide bonds.